The number of nitrogens with one attached hydrogen (secondary N) is 1. The molecular formula is C24H18F3NO6. The molecule has 1 aliphatic carbocycles. The van der Waals surface area contributed by atoms with Crippen molar-refractivity contribution in [2.24, 2.45) is 0 Å². The van der Waals surface area contributed by atoms with Crippen LogP contribution in [-0.4, -0.2) is 45.4 Å². The smallest absolute Gasteiger partial charge is 0.354 e. The summed E-state index contributed by atoms with van der Waals surface area (Å²) in [5, 5.41) is 31.6. The van der Waals surface area contributed by atoms with Gasteiger partial charge in [-0.1, -0.05) is 12.1 Å². The number of phenolic OH excluding ortho intramolecular Hbond substituents is 1. The maximum atomic E-state index is 14.0. The Balaban J connectivity index is 2.00. The number of alkyl halides is 3. The second kappa shape index (κ2) is 8.29. The van der Waals surface area contributed by atoms with E-state index in [1.165, 1.54) is 54.6 Å². The summed E-state index contributed by atoms with van der Waals surface area (Å²) in [6.07, 6.45) is 0.440. The summed E-state index contributed by atoms with van der Waals surface area (Å²) in [6, 6.07) is 7.73. The van der Waals surface area contributed by atoms with E-state index in [1.54, 1.807) is 0 Å². The van der Waals surface area contributed by atoms with E-state index in [0.29, 0.717) is 18.1 Å². The first kappa shape index (κ1) is 23.0. The van der Waals surface area contributed by atoms with E-state index in [2.05, 4.69) is 0 Å². The van der Waals surface area contributed by atoms with Gasteiger partial charge in [0.05, 0.1) is 5.56 Å². The van der Waals surface area contributed by atoms with Crippen LogP contribution in [0.1, 0.15) is 28.4 Å². The van der Waals surface area contributed by atoms with E-state index in [-0.39, 0.29) is 39.6 Å². The van der Waals surface area contributed by atoms with Crippen LogP contribution in [0.2, 0.25) is 0 Å². The quantitative estimate of drug-likeness (QED) is 0.505. The maximum Gasteiger partial charge on any atom is 0.354 e. The summed E-state index contributed by atoms with van der Waals surface area (Å²) >= 11 is 0. The molecule has 2 unspecified atom stereocenters. The van der Waals surface area contributed by atoms with Crippen molar-refractivity contribution in [3.05, 3.63) is 82.6 Å². The number of carboxylic acids is 1. The molecule has 0 saturated carbocycles. The summed E-state index contributed by atoms with van der Waals surface area (Å²) in [6.45, 7) is 0.538. The summed E-state index contributed by atoms with van der Waals surface area (Å²) in [5.74, 6) is -7.88. The average Bonchev–Trinajstić information content (AvgIpc) is 2.77. The topological polar surface area (TPSA) is 116 Å². The number of carbonyl (C=O) groups excluding carboxylic acids is 1. The Hall–Kier alpha value is -4.21. The van der Waals surface area contributed by atoms with Crippen molar-refractivity contribution in [3.63, 3.8) is 0 Å². The highest BCUT2D eigenvalue weighted by Crippen LogP contribution is 2.46. The highest BCUT2D eigenvalue weighted by Gasteiger charge is 2.46. The number of carboxylic acid groups (broad SMARTS) is 1. The van der Waals surface area contributed by atoms with Crippen molar-refractivity contribution in [2.75, 3.05) is 5.32 Å². The fourth-order valence-corrected chi connectivity index (χ4v) is 3.77. The summed E-state index contributed by atoms with van der Waals surface area (Å²) in [7, 11) is 0. The third-order valence-corrected chi connectivity index (χ3v) is 5.43. The van der Waals surface area contributed by atoms with Crippen LogP contribution in [-0.2, 0) is 4.79 Å². The third kappa shape index (κ3) is 3.87. The zero-order valence-corrected chi connectivity index (χ0v) is 17.6. The standard InChI is InChI=1S/C24H18F3NO6/c1-11(25)24(26,27)23(33)28-17-4-2-3-16(22(31)32)21(17)20-14-7-5-12(29)9-18(14)34-19-10-13(30)6-8-15(19)20/h2-11,18,29-30H,1H3,(H,28,33)(H,31,32). The number of aromatic hydroxyl groups is 1. The van der Waals surface area contributed by atoms with Gasteiger partial charge in [0.2, 0.25) is 0 Å². The number of allylic oxidation sites excluding steroid dienone is 1. The van der Waals surface area contributed by atoms with Crippen LogP contribution in [0.3, 0.4) is 0 Å². The molecule has 1 aliphatic heterocycles. The van der Waals surface area contributed by atoms with Crippen LogP contribution in [0, 0.1) is 0 Å². The highest BCUT2D eigenvalue weighted by atomic mass is 19.3. The second-order valence-corrected chi connectivity index (χ2v) is 7.70. The summed E-state index contributed by atoms with van der Waals surface area (Å²) in [4.78, 5) is 24.3. The first-order valence-electron chi connectivity index (χ1n) is 10.0. The van der Waals surface area contributed by atoms with Gasteiger partial charge in [-0.3, -0.25) is 4.79 Å². The number of ether oxygens (including phenoxy) is 1. The third-order valence-electron chi connectivity index (χ3n) is 5.43. The van der Waals surface area contributed by atoms with E-state index in [9.17, 15) is 38.1 Å². The summed E-state index contributed by atoms with van der Waals surface area (Å²) in [5.41, 5.74) is 0.129. The number of halogens is 3. The number of rotatable bonds is 5. The van der Waals surface area contributed by atoms with Crippen LogP contribution < -0.4 is 10.1 Å². The zero-order chi connectivity index (χ0) is 24.8. The maximum absolute atomic E-state index is 14.0. The molecule has 176 valence electrons. The van der Waals surface area contributed by atoms with Crippen molar-refractivity contribution >= 4 is 23.1 Å². The largest absolute Gasteiger partial charge is 0.508 e. The van der Waals surface area contributed by atoms with Gasteiger partial charge in [-0.05, 0) is 37.3 Å². The molecule has 0 radical (unpaired) electrons. The molecule has 2 atom stereocenters. The Kier molecular flexibility index (Phi) is 5.60. The number of phenols is 1. The lowest BCUT2D eigenvalue weighted by molar-refractivity contribution is -0.148. The molecule has 2 aromatic rings. The number of fused-ring (bicyclic) bond motifs is 2. The van der Waals surface area contributed by atoms with Gasteiger partial charge in [0, 0.05) is 40.1 Å². The average molecular weight is 473 g/mol. The van der Waals surface area contributed by atoms with Gasteiger partial charge in [0.25, 0.3) is 5.91 Å². The van der Waals surface area contributed by atoms with Gasteiger partial charge in [-0.2, -0.15) is 8.78 Å². The van der Waals surface area contributed by atoms with Crippen molar-refractivity contribution in [3.8, 4) is 11.5 Å². The number of benzene rings is 2. The molecule has 34 heavy (non-hydrogen) atoms. The molecule has 2 aliphatic rings. The molecule has 0 spiro atoms. The molecule has 4 rings (SSSR count). The molecule has 0 aromatic heterocycles. The van der Waals surface area contributed by atoms with Crippen LogP contribution in [0.5, 0.6) is 11.5 Å². The number of aromatic carboxylic acids is 1. The molecule has 4 N–H and O–H groups in total. The normalized spacial score (nSPS) is 17.8. The van der Waals surface area contributed by atoms with Crippen molar-refractivity contribution in [1.29, 1.82) is 0 Å². The molecule has 1 heterocycles. The monoisotopic (exact) mass is 473 g/mol. The number of hydrogen-bond acceptors (Lipinski definition) is 5. The molecule has 0 bridgehead atoms. The Morgan fingerprint density at radius 3 is 2.56 bits per heavy atom. The van der Waals surface area contributed by atoms with Gasteiger partial charge in [-0.25, -0.2) is 9.18 Å². The van der Waals surface area contributed by atoms with Gasteiger partial charge >= 0.3 is 11.9 Å². The fraction of sp³-hybridized carbons (Fsp3) is 0.167. The van der Waals surface area contributed by atoms with Gasteiger partial charge < -0.3 is 25.4 Å². The highest BCUT2D eigenvalue weighted by molar-refractivity contribution is 6.07. The Morgan fingerprint density at radius 2 is 1.88 bits per heavy atom. The van der Waals surface area contributed by atoms with Gasteiger partial charge in [-0.15, -0.1) is 0 Å². The minimum atomic E-state index is -4.37. The van der Waals surface area contributed by atoms with Crippen molar-refractivity contribution < 1.29 is 42.8 Å². The number of aliphatic hydroxyl groups excluding tert-OH is 1. The predicted octanol–water partition coefficient (Wildman–Crippen LogP) is 4.60. The first-order chi connectivity index (χ1) is 16.0. The van der Waals surface area contributed by atoms with E-state index in [4.69, 9.17) is 4.74 Å². The second-order valence-electron chi connectivity index (χ2n) is 7.70. The molecule has 0 fully saturated rings. The zero-order valence-electron chi connectivity index (χ0n) is 17.6. The lowest BCUT2D eigenvalue weighted by atomic mass is 9.83. The molecule has 7 nitrogen and oxygen atoms in total. The number of aliphatic hydroxyl groups is 1. The molecule has 1 amide bonds. The molecule has 2 aromatic carbocycles. The fourth-order valence-electron chi connectivity index (χ4n) is 3.77. The molecule has 0 saturated heterocycles. The minimum absolute atomic E-state index is 0.125. The van der Waals surface area contributed by atoms with Crippen LogP contribution in [0.4, 0.5) is 18.9 Å². The van der Waals surface area contributed by atoms with Crippen LogP contribution >= 0.6 is 0 Å². The minimum Gasteiger partial charge on any atom is -0.508 e. The Bertz CT molecular complexity index is 1300. The van der Waals surface area contributed by atoms with E-state index in [1.807, 2.05) is 5.32 Å². The predicted molar refractivity (Wildman–Crippen MR) is 116 cm³/mol. The Morgan fingerprint density at radius 1 is 1.15 bits per heavy atom. The molecule has 10 heteroatoms. The van der Waals surface area contributed by atoms with Gasteiger partial charge in [0.1, 0.15) is 23.4 Å². The lowest BCUT2D eigenvalue weighted by Gasteiger charge is -2.31. The first-order valence-corrected chi connectivity index (χ1v) is 10.0. The van der Waals surface area contributed by atoms with Crippen molar-refractivity contribution in [1.82, 2.24) is 0 Å². The van der Waals surface area contributed by atoms with Gasteiger partial charge in [0.15, 0.2) is 6.17 Å². The number of carbonyl (C=O) groups is 2. The van der Waals surface area contributed by atoms with Crippen molar-refractivity contribution in [2.45, 2.75) is 25.1 Å². The number of hydrogen-bond donors (Lipinski definition) is 4. The molecular weight excluding hydrogens is 455 g/mol. The van der Waals surface area contributed by atoms with Crippen LogP contribution in [0.25, 0.3) is 5.57 Å². The van der Waals surface area contributed by atoms with E-state index in [0.717, 1.165) is 0 Å². The van der Waals surface area contributed by atoms with E-state index < -0.39 is 30.1 Å². The SMILES string of the molecule is CC(F)C(F)(F)C(=O)Nc1cccc(C(=O)O)c1C1=C2C=CC(O)=CC2Oc2cc(O)ccc21. The number of amides is 1. The lowest BCUT2D eigenvalue weighted by Crippen LogP contribution is -2.41. The number of anilines is 1. The summed E-state index contributed by atoms with van der Waals surface area (Å²) < 4.78 is 47.3. The van der Waals surface area contributed by atoms with E-state index >= 15 is 0 Å². The van der Waals surface area contributed by atoms with Crippen LogP contribution in [0.15, 0.2) is 66.0 Å². The Labute approximate surface area is 191 Å².